The molecule has 0 aromatic rings. The Morgan fingerprint density at radius 3 is 2.15 bits per heavy atom. The van der Waals surface area contributed by atoms with Gasteiger partial charge in [0.25, 0.3) is 0 Å². The van der Waals surface area contributed by atoms with E-state index in [9.17, 15) is 9.59 Å². The maximum absolute atomic E-state index is 12.2. The van der Waals surface area contributed by atoms with Crippen LogP contribution in [-0.2, 0) is 4.79 Å². The fourth-order valence-electron chi connectivity index (χ4n) is 1.84. The van der Waals surface area contributed by atoms with E-state index < -0.39 is 12.0 Å². The van der Waals surface area contributed by atoms with E-state index in [1.807, 2.05) is 39.8 Å². The molecule has 0 bridgehead atoms. The zero-order valence-electron chi connectivity index (χ0n) is 13.3. The number of aliphatic carboxylic acids is 1. The number of urea groups is 1. The molecule has 2 N–H and O–H groups in total. The summed E-state index contributed by atoms with van der Waals surface area (Å²) in [6.45, 7) is 7.87. The summed E-state index contributed by atoms with van der Waals surface area (Å²) in [6, 6.07) is -1.11. The Bertz CT molecular complexity index is 306. The van der Waals surface area contributed by atoms with Crippen LogP contribution in [0.25, 0.3) is 0 Å². The summed E-state index contributed by atoms with van der Waals surface area (Å²) in [5.74, 6) is -0.756. The quantitative estimate of drug-likeness (QED) is 0.673. The van der Waals surface area contributed by atoms with E-state index in [1.165, 1.54) is 0 Å². The van der Waals surface area contributed by atoms with Crippen LogP contribution in [0.1, 0.15) is 33.6 Å². The molecule has 0 unspecified atom stereocenters. The first kappa shape index (κ1) is 18.7. The second-order valence-electron chi connectivity index (χ2n) is 5.76. The Labute approximate surface area is 122 Å². The summed E-state index contributed by atoms with van der Waals surface area (Å²) < 4.78 is 0. The number of rotatable bonds is 9. The van der Waals surface area contributed by atoms with Crippen molar-refractivity contribution >= 4 is 12.0 Å². The van der Waals surface area contributed by atoms with E-state index in [2.05, 4.69) is 5.32 Å². The van der Waals surface area contributed by atoms with Crippen LogP contribution >= 0.6 is 0 Å². The monoisotopic (exact) mass is 287 g/mol. The number of carbonyl (C=O) groups is 2. The van der Waals surface area contributed by atoms with Crippen molar-refractivity contribution in [1.29, 1.82) is 0 Å². The first-order valence-electron chi connectivity index (χ1n) is 7.20. The summed E-state index contributed by atoms with van der Waals surface area (Å²) in [4.78, 5) is 27.0. The van der Waals surface area contributed by atoms with Crippen LogP contribution < -0.4 is 5.32 Å². The number of carboxylic acid groups (broad SMARTS) is 1. The maximum atomic E-state index is 12.2. The Morgan fingerprint density at radius 1 is 1.15 bits per heavy atom. The van der Waals surface area contributed by atoms with Crippen molar-refractivity contribution in [2.24, 2.45) is 5.92 Å². The van der Waals surface area contributed by atoms with E-state index in [1.54, 1.807) is 4.90 Å². The van der Waals surface area contributed by atoms with E-state index >= 15 is 0 Å². The predicted octanol–water partition coefficient (Wildman–Crippen LogP) is 1.47. The second kappa shape index (κ2) is 9.58. The van der Waals surface area contributed by atoms with Gasteiger partial charge in [0.1, 0.15) is 6.04 Å². The van der Waals surface area contributed by atoms with Gasteiger partial charge >= 0.3 is 12.0 Å². The van der Waals surface area contributed by atoms with Gasteiger partial charge in [0.2, 0.25) is 0 Å². The zero-order valence-corrected chi connectivity index (χ0v) is 13.3. The number of carbonyl (C=O) groups excluding carboxylic acids is 1. The van der Waals surface area contributed by atoms with Crippen molar-refractivity contribution in [2.45, 2.75) is 39.7 Å². The maximum Gasteiger partial charge on any atom is 0.326 e. The van der Waals surface area contributed by atoms with Crippen LogP contribution in [0.15, 0.2) is 0 Å². The minimum absolute atomic E-state index is 0.220. The molecule has 0 radical (unpaired) electrons. The third-order valence-corrected chi connectivity index (χ3v) is 2.90. The van der Waals surface area contributed by atoms with Crippen molar-refractivity contribution < 1.29 is 14.7 Å². The first-order chi connectivity index (χ1) is 9.27. The molecule has 0 aromatic carbocycles. The van der Waals surface area contributed by atoms with E-state index in [0.717, 1.165) is 13.0 Å². The summed E-state index contributed by atoms with van der Waals surface area (Å²) in [5.41, 5.74) is 0. The molecule has 6 nitrogen and oxygen atoms in total. The molecule has 0 aliphatic carbocycles. The predicted molar refractivity (Wildman–Crippen MR) is 79.8 cm³/mol. The minimum atomic E-state index is -0.976. The lowest BCUT2D eigenvalue weighted by molar-refractivity contribution is -0.139. The van der Waals surface area contributed by atoms with Crippen molar-refractivity contribution in [3.05, 3.63) is 0 Å². The van der Waals surface area contributed by atoms with E-state index in [4.69, 9.17) is 5.11 Å². The molecule has 0 rings (SSSR count). The third kappa shape index (κ3) is 7.99. The Morgan fingerprint density at radius 2 is 1.75 bits per heavy atom. The molecular formula is C14H29N3O3. The fraction of sp³-hybridized carbons (Fsp3) is 0.857. The Balaban J connectivity index is 4.57. The van der Waals surface area contributed by atoms with Gasteiger partial charge in [0, 0.05) is 19.6 Å². The lowest BCUT2D eigenvalue weighted by Gasteiger charge is -2.26. The van der Waals surface area contributed by atoms with Crippen LogP contribution in [0.5, 0.6) is 0 Å². The average Bonchev–Trinajstić information content (AvgIpc) is 2.32. The van der Waals surface area contributed by atoms with Gasteiger partial charge in [-0.25, -0.2) is 9.59 Å². The molecule has 2 amide bonds. The number of nitrogens with zero attached hydrogens (tertiary/aromatic N) is 2. The summed E-state index contributed by atoms with van der Waals surface area (Å²) in [6.07, 6.45) is 1.29. The van der Waals surface area contributed by atoms with Crippen LogP contribution in [0, 0.1) is 5.92 Å². The highest BCUT2D eigenvalue weighted by atomic mass is 16.4. The molecule has 6 heteroatoms. The van der Waals surface area contributed by atoms with Crippen LogP contribution in [0.3, 0.4) is 0 Å². The van der Waals surface area contributed by atoms with Gasteiger partial charge in [-0.05, 0) is 32.9 Å². The molecule has 1 atom stereocenters. The van der Waals surface area contributed by atoms with Crippen molar-refractivity contribution in [2.75, 3.05) is 33.7 Å². The number of amides is 2. The molecule has 0 saturated heterocycles. The van der Waals surface area contributed by atoms with Crippen LogP contribution in [0.4, 0.5) is 4.79 Å². The highest BCUT2D eigenvalue weighted by Crippen LogP contribution is 2.06. The number of carboxylic acids is 1. The lowest BCUT2D eigenvalue weighted by Crippen LogP contribution is -2.50. The Hall–Kier alpha value is -1.30. The average molecular weight is 287 g/mol. The van der Waals surface area contributed by atoms with Crippen molar-refractivity contribution in [3.63, 3.8) is 0 Å². The zero-order chi connectivity index (χ0) is 15.7. The summed E-state index contributed by atoms with van der Waals surface area (Å²) in [5, 5.41) is 11.8. The molecule has 0 fully saturated rings. The topological polar surface area (TPSA) is 72.9 Å². The number of likely N-dealkylation sites (N-methyl/N-ethyl adjacent to an activating group) is 1. The van der Waals surface area contributed by atoms with Crippen LogP contribution in [-0.4, -0.2) is 66.7 Å². The summed E-state index contributed by atoms with van der Waals surface area (Å²) >= 11 is 0. The Kier molecular flexibility index (Phi) is 8.96. The van der Waals surface area contributed by atoms with Crippen LogP contribution in [0.2, 0.25) is 0 Å². The van der Waals surface area contributed by atoms with E-state index in [0.29, 0.717) is 19.5 Å². The molecule has 0 saturated carbocycles. The molecule has 0 heterocycles. The molecular weight excluding hydrogens is 258 g/mol. The van der Waals surface area contributed by atoms with Gasteiger partial charge in [-0.2, -0.15) is 0 Å². The lowest BCUT2D eigenvalue weighted by atomic mass is 10.0. The highest BCUT2D eigenvalue weighted by Gasteiger charge is 2.23. The van der Waals surface area contributed by atoms with Gasteiger partial charge in [-0.3, -0.25) is 0 Å². The number of hydrogen-bond acceptors (Lipinski definition) is 3. The van der Waals surface area contributed by atoms with Gasteiger partial charge in [-0.1, -0.05) is 20.8 Å². The van der Waals surface area contributed by atoms with Gasteiger partial charge in [0.05, 0.1) is 0 Å². The summed E-state index contributed by atoms with van der Waals surface area (Å²) in [7, 11) is 3.89. The van der Waals surface area contributed by atoms with Gasteiger partial charge < -0.3 is 20.2 Å². The molecule has 0 spiro atoms. The molecule has 0 aliphatic rings. The molecule has 0 aromatic heterocycles. The van der Waals surface area contributed by atoms with Crippen molar-refractivity contribution in [3.8, 4) is 0 Å². The van der Waals surface area contributed by atoms with Gasteiger partial charge in [-0.15, -0.1) is 0 Å². The molecule has 20 heavy (non-hydrogen) atoms. The SMILES string of the molecule is CCCN(CCN(C)C)C(=O)N[C@@H](CC(C)C)C(=O)O. The smallest absolute Gasteiger partial charge is 0.326 e. The van der Waals surface area contributed by atoms with E-state index in [-0.39, 0.29) is 11.9 Å². The number of hydrogen-bond donors (Lipinski definition) is 2. The molecule has 0 aliphatic heterocycles. The fourth-order valence-corrected chi connectivity index (χ4v) is 1.84. The second-order valence-corrected chi connectivity index (χ2v) is 5.76. The largest absolute Gasteiger partial charge is 0.480 e. The first-order valence-corrected chi connectivity index (χ1v) is 7.20. The van der Waals surface area contributed by atoms with Gasteiger partial charge in [0.15, 0.2) is 0 Å². The van der Waals surface area contributed by atoms with Crippen molar-refractivity contribution in [1.82, 2.24) is 15.1 Å². The minimum Gasteiger partial charge on any atom is -0.480 e. The normalized spacial score (nSPS) is 12.6. The standard InChI is InChI=1S/C14H29N3O3/c1-6-7-17(9-8-16(4)5)14(20)15-12(13(18)19)10-11(2)3/h11-12H,6-10H2,1-5H3,(H,15,20)(H,18,19)/t12-/m0/s1. The third-order valence-electron chi connectivity index (χ3n) is 2.90. The molecule has 118 valence electrons. The highest BCUT2D eigenvalue weighted by molar-refractivity contribution is 5.82. The number of nitrogens with one attached hydrogen (secondary N) is 1.